The minimum atomic E-state index is -0.858. The first-order valence-electron chi connectivity index (χ1n) is 8.38. The van der Waals surface area contributed by atoms with Crippen molar-refractivity contribution in [1.29, 1.82) is 0 Å². The van der Waals surface area contributed by atoms with Crippen molar-refractivity contribution in [3.63, 3.8) is 0 Å². The van der Waals surface area contributed by atoms with Gasteiger partial charge in [-0.2, -0.15) is 0 Å². The van der Waals surface area contributed by atoms with Crippen LogP contribution in [0, 0.1) is 0 Å². The minimum Gasteiger partial charge on any atom is -0.493 e. The van der Waals surface area contributed by atoms with Crippen molar-refractivity contribution in [2.45, 2.75) is 25.3 Å². The quantitative estimate of drug-likeness (QED) is 0.770. The van der Waals surface area contributed by atoms with E-state index in [1.165, 1.54) is 0 Å². The van der Waals surface area contributed by atoms with Crippen molar-refractivity contribution in [1.82, 2.24) is 9.80 Å². The summed E-state index contributed by atoms with van der Waals surface area (Å²) in [6.45, 7) is 1.29. The van der Waals surface area contributed by atoms with E-state index in [1.54, 1.807) is 26.2 Å². The molecule has 1 aliphatic rings. The van der Waals surface area contributed by atoms with Gasteiger partial charge in [-0.05, 0) is 37.6 Å². The monoisotopic (exact) mass is 350 g/mol. The van der Waals surface area contributed by atoms with Gasteiger partial charge in [0.25, 0.3) is 0 Å². The molecule has 1 saturated heterocycles. The van der Waals surface area contributed by atoms with E-state index in [0.29, 0.717) is 24.6 Å². The molecule has 1 unspecified atom stereocenters. The summed E-state index contributed by atoms with van der Waals surface area (Å²) in [6.07, 6.45) is 1.88. The van der Waals surface area contributed by atoms with Gasteiger partial charge in [0.1, 0.15) is 0 Å². The molecule has 138 valence electrons. The summed E-state index contributed by atoms with van der Waals surface area (Å²) < 4.78 is 10.6. The van der Waals surface area contributed by atoms with Crippen LogP contribution in [0.1, 0.15) is 30.9 Å². The number of hydrogen-bond acceptors (Lipinski definition) is 5. The van der Waals surface area contributed by atoms with Crippen molar-refractivity contribution in [2.75, 3.05) is 40.9 Å². The third-order valence-corrected chi connectivity index (χ3v) is 4.48. The number of likely N-dealkylation sites (N-methyl/N-ethyl adjacent to an activating group) is 1. The van der Waals surface area contributed by atoms with E-state index in [9.17, 15) is 9.59 Å². The zero-order valence-electron chi connectivity index (χ0n) is 15.0. The molecule has 2 rings (SSSR count). The fraction of sp³-hybridized carbons (Fsp3) is 0.556. The largest absolute Gasteiger partial charge is 0.493 e. The van der Waals surface area contributed by atoms with Gasteiger partial charge in [0, 0.05) is 13.1 Å². The number of rotatable bonds is 8. The first-order valence-corrected chi connectivity index (χ1v) is 8.38. The van der Waals surface area contributed by atoms with Gasteiger partial charge in [-0.15, -0.1) is 0 Å². The fourth-order valence-electron chi connectivity index (χ4n) is 3.16. The molecule has 0 aliphatic carbocycles. The van der Waals surface area contributed by atoms with Crippen LogP contribution in [0.15, 0.2) is 18.2 Å². The molecule has 1 aromatic rings. The molecule has 1 N–H and O–H groups in total. The fourth-order valence-corrected chi connectivity index (χ4v) is 3.16. The second kappa shape index (κ2) is 8.71. The van der Waals surface area contributed by atoms with Crippen LogP contribution in [-0.2, 0) is 9.59 Å². The van der Waals surface area contributed by atoms with Crippen molar-refractivity contribution >= 4 is 11.9 Å². The predicted octanol–water partition coefficient (Wildman–Crippen LogP) is 1.77. The third-order valence-electron chi connectivity index (χ3n) is 4.48. The summed E-state index contributed by atoms with van der Waals surface area (Å²) in [6, 6.07) is 5.75. The minimum absolute atomic E-state index is 0.0141. The molecule has 0 radical (unpaired) electrons. The third kappa shape index (κ3) is 4.85. The summed E-state index contributed by atoms with van der Waals surface area (Å²) in [7, 11) is 4.95. The predicted molar refractivity (Wildman–Crippen MR) is 93.0 cm³/mol. The van der Waals surface area contributed by atoms with Crippen LogP contribution in [0.25, 0.3) is 0 Å². The van der Waals surface area contributed by atoms with Gasteiger partial charge >= 0.3 is 5.97 Å². The second-order valence-electron chi connectivity index (χ2n) is 6.24. The lowest BCUT2D eigenvalue weighted by Crippen LogP contribution is -2.39. The Bertz CT molecular complexity index is 619. The SMILES string of the molecule is COc1ccc(C2CCCN2C(=O)CN(C)CCC(=O)O)cc1OC. The first kappa shape index (κ1) is 19.1. The lowest BCUT2D eigenvalue weighted by Gasteiger charge is -2.27. The van der Waals surface area contributed by atoms with Crippen LogP contribution >= 0.6 is 0 Å². The molecule has 7 nitrogen and oxygen atoms in total. The van der Waals surface area contributed by atoms with Crippen molar-refractivity contribution in [3.05, 3.63) is 23.8 Å². The highest BCUT2D eigenvalue weighted by Gasteiger charge is 2.30. The van der Waals surface area contributed by atoms with Crippen LogP contribution in [0.2, 0.25) is 0 Å². The van der Waals surface area contributed by atoms with Crippen LogP contribution in [-0.4, -0.2) is 67.7 Å². The maximum atomic E-state index is 12.6. The lowest BCUT2D eigenvalue weighted by molar-refractivity contribution is -0.138. The van der Waals surface area contributed by atoms with Gasteiger partial charge in [0.2, 0.25) is 5.91 Å². The Balaban J connectivity index is 2.06. The maximum Gasteiger partial charge on any atom is 0.304 e. The van der Waals surface area contributed by atoms with E-state index in [0.717, 1.165) is 18.4 Å². The normalized spacial score (nSPS) is 17.0. The van der Waals surface area contributed by atoms with Gasteiger partial charge < -0.3 is 19.5 Å². The maximum absolute atomic E-state index is 12.6. The molecular weight excluding hydrogens is 324 g/mol. The molecule has 0 aromatic heterocycles. The zero-order chi connectivity index (χ0) is 18.4. The number of methoxy groups -OCH3 is 2. The highest BCUT2D eigenvalue weighted by atomic mass is 16.5. The molecule has 1 heterocycles. The smallest absolute Gasteiger partial charge is 0.304 e. The average molecular weight is 350 g/mol. The Morgan fingerprint density at radius 1 is 1.28 bits per heavy atom. The number of benzene rings is 1. The number of likely N-dealkylation sites (tertiary alicyclic amines) is 1. The molecule has 0 bridgehead atoms. The van der Waals surface area contributed by atoms with E-state index in [4.69, 9.17) is 14.6 Å². The summed E-state index contributed by atoms with van der Waals surface area (Å²) in [4.78, 5) is 26.9. The van der Waals surface area contributed by atoms with E-state index in [2.05, 4.69) is 0 Å². The summed E-state index contributed by atoms with van der Waals surface area (Å²) >= 11 is 0. The number of carboxylic acid groups (broad SMARTS) is 1. The van der Waals surface area contributed by atoms with Crippen molar-refractivity contribution in [3.8, 4) is 11.5 Å². The van der Waals surface area contributed by atoms with Gasteiger partial charge in [-0.1, -0.05) is 6.07 Å². The van der Waals surface area contributed by atoms with E-state index in [1.807, 2.05) is 23.1 Å². The number of carboxylic acids is 1. The molecule has 7 heteroatoms. The number of ether oxygens (including phenoxy) is 2. The standard InChI is InChI=1S/C18H26N2O5/c1-19(10-8-18(22)23)12-17(21)20-9-4-5-14(20)13-6-7-15(24-2)16(11-13)25-3/h6-7,11,14H,4-5,8-10,12H2,1-3H3,(H,22,23). The van der Waals surface area contributed by atoms with Crippen LogP contribution < -0.4 is 9.47 Å². The molecule has 1 fully saturated rings. The van der Waals surface area contributed by atoms with Crippen LogP contribution in [0.4, 0.5) is 0 Å². The van der Waals surface area contributed by atoms with Crippen molar-refractivity contribution < 1.29 is 24.2 Å². The van der Waals surface area contributed by atoms with Gasteiger partial charge in [-0.3, -0.25) is 14.5 Å². The number of aliphatic carboxylic acids is 1. The van der Waals surface area contributed by atoms with E-state index < -0.39 is 5.97 Å². The molecular formula is C18H26N2O5. The van der Waals surface area contributed by atoms with Gasteiger partial charge in [0.15, 0.2) is 11.5 Å². The number of amides is 1. The molecule has 1 amide bonds. The molecule has 1 aromatic carbocycles. The number of hydrogen-bond donors (Lipinski definition) is 1. The first-order chi connectivity index (χ1) is 12.0. The van der Waals surface area contributed by atoms with Gasteiger partial charge in [0.05, 0.1) is 33.2 Å². The highest BCUT2D eigenvalue weighted by molar-refractivity contribution is 5.79. The number of carbonyl (C=O) groups excluding carboxylic acids is 1. The molecule has 1 aliphatic heterocycles. The molecule has 0 saturated carbocycles. The van der Waals surface area contributed by atoms with E-state index >= 15 is 0 Å². The zero-order valence-corrected chi connectivity index (χ0v) is 15.0. The summed E-state index contributed by atoms with van der Waals surface area (Å²) in [5.41, 5.74) is 1.02. The summed E-state index contributed by atoms with van der Waals surface area (Å²) in [5, 5.41) is 8.75. The molecule has 1 atom stereocenters. The van der Waals surface area contributed by atoms with E-state index in [-0.39, 0.29) is 24.9 Å². The Hall–Kier alpha value is -2.28. The Kier molecular flexibility index (Phi) is 6.64. The topological polar surface area (TPSA) is 79.3 Å². The Labute approximate surface area is 148 Å². The highest BCUT2D eigenvalue weighted by Crippen LogP contribution is 2.36. The Morgan fingerprint density at radius 3 is 2.64 bits per heavy atom. The van der Waals surface area contributed by atoms with Crippen molar-refractivity contribution in [2.24, 2.45) is 0 Å². The second-order valence-corrected chi connectivity index (χ2v) is 6.24. The summed E-state index contributed by atoms with van der Waals surface area (Å²) in [5.74, 6) is 0.474. The average Bonchev–Trinajstić information content (AvgIpc) is 3.09. The number of carbonyl (C=O) groups is 2. The van der Waals surface area contributed by atoms with Crippen LogP contribution in [0.3, 0.4) is 0 Å². The Morgan fingerprint density at radius 2 is 2.00 bits per heavy atom. The molecule has 25 heavy (non-hydrogen) atoms. The molecule has 0 spiro atoms. The van der Waals surface area contributed by atoms with Crippen LogP contribution in [0.5, 0.6) is 11.5 Å². The van der Waals surface area contributed by atoms with Gasteiger partial charge in [-0.25, -0.2) is 0 Å². The lowest BCUT2D eigenvalue weighted by atomic mass is 10.0. The number of nitrogens with zero attached hydrogens (tertiary/aromatic N) is 2.